The third-order valence-corrected chi connectivity index (χ3v) is 6.80. The molecule has 1 aromatic rings. The molecule has 0 bridgehead atoms. The number of fused-ring (bicyclic) bond motifs is 6. The molecule has 1 saturated heterocycles. The first-order chi connectivity index (χ1) is 13.8. The molecule has 5 heteroatoms. The molecule has 0 aromatic heterocycles. The summed E-state index contributed by atoms with van der Waals surface area (Å²) in [7, 11) is 0. The van der Waals surface area contributed by atoms with Gasteiger partial charge in [0.2, 0.25) is 5.91 Å². The third-order valence-electron chi connectivity index (χ3n) is 6.80. The second-order valence-electron chi connectivity index (χ2n) is 8.84. The van der Waals surface area contributed by atoms with Crippen molar-refractivity contribution >= 4 is 11.8 Å². The van der Waals surface area contributed by atoms with E-state index in [4.69, 9.17) is 0 Å². The Morgan fingerprint density at radius 3 is 2.69 bits per heavy atom. The highest BCUT2D eigenvalue weighted by Crippen LogP contribution is 2.61. The van der Waals surface area contributed by atoms with Crippen molar-refractivity contribution in [2.24, 2.45) is 11.8 Å². The number of nitrogens with zero attached hydrogens (tertiary/aromatic N) is 1. The highest BCUT2D eigenvalue weighted by atomic mass is 19.1. The zero-order valence-electron chi connectivity index (χ0n) is 17.3. The Balaban J connectivity index is 2.00. The molecule has 1 saturated carbocycles. The van der Waals surface area contributed by atoms with Gasteiger partial charge in [0.1, 0.15) is 0 Å². The Labute approximate surface area is 171 Å². The van der Waals surface area contributed by atoms with Crippen LogP contribution in [0, 0.1) is 11.8 Å². The molecule has 1 aliphatic carbocycles. The fourth-order valence-electron chi connectivity index (χ4n) is 5.86. The van der Waals surface area contributed by atoms with Crippen LogP contribution in [0.15, 0.2) is 48.8 Å². The molecule has 0 radical (unpaired) electrons. The molecule has 1 aromatic carbocycles. The predicted octanol–water partition coefficient (Wildman–Crippen LogP) is 4.19. The van der Waals surface area contributed by atoms with E-state index in [2.05, 4.69) is 11.9 Å². The second kappa shape index (κ2) is 7.12. The van der Waals surface area contributed by atoms with Gasteiger partial charge >= 0.3 is 0 Å². The lowest BCUT2D eigenvalue weighted by Crippen LogP contribution is -2.76. The van der Waals surface area contributed by atoms with Crippen molar-refractivity contribution < 1.29 is 14.0 Å². The lowest BCUT2D eigenvalue weighted by molar-refractivity contribution is -0.184. The molecule has 0 spiro atoms. The molecule has 2 amide bonds. The average Bonchev–Trinajstić information content (AvgIpc) is 3.03. The summed E-state index contributed by atoms with van der Waals surface area (Å²) in [5, 5.41) is 3.08. The van der Waals surface area contributed by atoms with Crippen molar-refractivity contribution in [3.05, 3.63) is 60.0 Å². The molecule has 5 unspecified atom stereocenters. The Morgan fingerprint density at radius 2 is 2.03 bits per heavy atom. The van der Waals surface area contributed by atoms with E-state index in [1.165, 1.54) is 13.0 Å². The van der Waals surface area contributed by atoms with E-state index in [1.807, 2.05) is 43.0 Å². The van der Waals surface area contributed by atoms with Crippen LogP contribution in [0.1, 0.15) is 57.1 Å². The van der Waals surface area contributed by atoms with Gasteiger partial charge in [-0.3, -0.25) is 9.59 Å². The van der Waals surface area contributed by atoms with E-state index >= 15 is 0 Å². The summed E-state index contributed by atoms with van der Waals surface area (Å²) < 4.78 is 14.0. The lowest BCUT2D eigenvalue weighted by Gasteiger charge is -2.61. The molecular weight excluding hydrogens is 367 g/mol. The normalized spacial score (nSPS) is 33.3. The van der Waals surface area contributed by atoms with Crippen molar-refractivity contribution in [1.82, 2.24) is 10.2 Å². The van der Waals surface area contributed by atoms with Gasteiger partial charge in [-0.05, 0) is 50.8 Å². The Morgan fingerprint density at radius 1 is 1.31 bits per heavy atom. The molecule has 2 fully saturated rings. The topological polar surface area (TPSA) is 49.4 Å². The van der Waals surface area contributed by atoms with Gasteiger partial charge in [0, 0.05) is 23.9 Å². The maximum absolute atomic E-state index is 14.0. The number of carbonyl (C=O) groups excluding carboxylic acids is 2. The van der Waals surface area contributed by atoms with Crippen LogP contribution in [-0.2, 0) is 15.1 Å². The summed E-state index contributed by atoms with van der Waals surface area (Å²) in [6, 6.07) is 7.70. The van der Waals surface area contributed by atoms with E-state index in [0.29, 0.717) is 0 Å². The fourth-order valence-corrected chi connectivity index (χ4v) is 5.86. The molecule has 2 aliphatic heterocycles. The highest BCUT2D eigenvalue weighted by Gasteiger charge is 2.70. The summed E-state index contributed by atoms with van der Waals surface area (Å²) >= 11 is 0. The van der Waals surface area contributed by atoms with Crippen LogP contribution < -0.4 is 5.32 Å². The first kappa shape index (κ1) is 19.9. The number of carbonyl (C=O) groups is 2. The summed E-state index contributed by atoms with van der Waals surface area (Å²) in [5.41, 5.74) is 0.656. The van der Waals surface area contributed by atoms with Crippen molar-refractivity contribution in [2.45, 2.75) is 63.6 Å². The van der Waals surface area contributed by atoms with Gasteiger partial charge in [-0.25, -0.2) is 4.39 Å². The molecule has 3 aliphatic rings. The van der Waals surface area contributed by atoms with Crippen LogP contribution in [0.5, 0.6) is 0 Å². The Hall–Kier alpha value is -2.43. The van der Waals surface area contributed by atoms with Crippen LogP contribution in [0.3, 0.4) is 0 Å². The lowest BCUT2D eigenvalue weighted by atomic mass is 9.63. The number of nitrogens with one attached hydrogen (secondary N) is 1. The highest BCUT2D eigenvalue weighted by molar-refractivity contribution is 5.98. The van der Waals surface area contributed by atoms with Crippen molar-refractivity contribution in [3.63, 3.8) is 0 Å². The van der Waals surface area contributed by atoms with Gasteiger partial charge in [-0.15, -0.1) is 6.58 Å². The second-order valence-corrected chi connectivity index (χ2v) is 8.84. The number of allylic oxidation sites excluding steroid dienone is 2. The van der Waals surface area contributed by atoms with Gasteiger partial charge in [-0.2, -0.15) is 0 Å². The third kappa shape index (κ3) is 2.70. The standard InChI is InChI=1S/C24H29FN2O2/c1-5-16-18(13-15(4)25)17-9-6-7-10-19(17)24(23(29)26-14(2)3)20-11-8-12-21(20)27(24)22(16)28/h5-7,9-10,13-14,16,18,20-21H,1,8,11-12H2,2-4H3,(H,26,29)/b15-13+. The van der Waals surface area contributed by atoms with Crippen LogP contribution in [-0.4, -0.2) is 28.8 Å². The van der Waals surface area contributed by atoms with E-state index in [-0.39, 0.29) is 35.6 Å². The summed E-state index contributed by atoms with van der Waals surface area (Å²) in [6.45, 7) is 9.14. The van der Waals surface area contributed by atoms with Crippen LogP contribution in [0.2, 0.25) is 0 Å². The van der Waals surface area contributed by atoms with Crippen molar-refractivity contribution in [3.8, 4) is 0 Å². The number of rotatable bonds is 4. The van der Waals surface area contributed by atoms with Crippen LogP contribution >= 0.6 is 0 Å². The Kier molecular flexibility index (Phi) is 4.88. The first-order valence-corrected chi connectivity index (χ1v) is 10.5. The Bertz CT molecular complexity index is 889. The van der Waals surface area contributed by atoms with Crippen molar-refractivity contribution in [2.75, 3.05) is 0 Å². The fraction of sp³-hybridized carbons (Fsp3) is 0.500. The minimum Gasteiger partial charge on any atom is -0.352 e. The molecule has 4 nitrogen and oxygen atoms in total. The molecule has 5 atom stereocenters. The minimum absolute atomic E-state index is 0.0383. The SMILES string of the molecule is C=CC1C(=O)N2C3CCCC3C2(C(=O)NC(C)C)c2ccccc2C1/C=C(\C)F. The van der Waals surface area contributed by atoms with E-state index in [1.54, 1.807) is 6.08 Å². The summed E-state index contributed by atoms with van der Waals surface area (Å²) in [6.07, 6.45) is 5.93. The van der Waals surface area contributed by atoms with Gasteiger partial charge in [-0.1, -0.05) is 36.8 Å². The smallest absolute Gasteiger partial charge is 0.251 e. The van der Waals surface area contributed by atoms with Crippen LogP contribution in [0.25, 0.3) is 0 Å². The van der Waals surface area contributed by atoms with Crippen LogP contribution in [0.4, 0.5) is 4.39 Å². The van der Waals surface area contributed by atoms with Gasteiger partial charge < -0.3 is 10.2 Å². The molecule has 1 N–H and O–H groups in total. The minimum atomic E-state index is -1.02. The zero-order valence-corrected chi connectivity index (χ0v) is 17.3. The molecule has 29 heavy (non-hydrogen) atoms. The van der Waals surface area contributed by atoms with E-state index < -0.39 is 17.4 Å². The predicted molar refractivity (Wildman–Crippen MR) is 111 cm³/mol. The quantitative estimate of drug-likeness (QED) is 0.776. The molecular formula is C24H29FN2O2. The zero-order chi connectivity index (χ0) is 20.9. The first-order valence-electron chi connectivity index (χ1n) is 10.5. The van der Waals surface area contributed by atoms with Crippen molar-refractivity contribution in [1.29, 1.82) is 0 Å². The number of amides is 2. The monoisotopic (exact) mass is 396 g/mol. The average molecular weight is 397 g/mol. The molecule has 154 valence electrons. The number of halogens is 1. The largest absolute Gasteiger partial charge is 0.352 e. The summed E-state index contributed by atoms with van der Waals surface area (Å²) in [4.78, 5) is 29.3. The van der Waals surface area contributed by atoms with E-state index in [9.17, 15) is 14.0 Å². The van der Waals surface area contributed by atoms with Gasteiger partial charge in [0.15, 0.2) is 5.54 Å². The molecule has 4 rings (SSSR count). The van der Waals surface area contributed by atoms with Gasteiger partial charge in [0.05, 0.1) is 11.7 Å². The summed E-state index contributed by atoms with van der Waals surface area (Å²) in [5.74, 6) is -1.57. The number of hydrogen-bond donors (Lipinski definition) is 1. The van der Waals surface area contributed by atoms with E-state index in [0.717, 1.165) is 30.4 Å². The van der Waals surface area contributed by atoms with Gasteiger partial charge in [0.25, 0.3) is 5.91 Å². The maximum Gasteiger partial charge on any atom is 0.251 e. The number of benzene rings is 1. The number of hydrogen-bond acceptors (Lipinski definition) is 2. The molecule has 2 heterocycles. The maximum atomic E-state index is 14.0.